The van der Waals surface area contributed by atoms with Crippen LogP contribution in [-0.2, 0) is 9.53 Å². The van der Waals surface area contributed by atoms with Gasteiger partial charge in [-0.05, 0) is 57.9 Å². The van der Waals surface area contributed by atoms with Gasteiger partial charge >= 0.3 is 6.09 Å². The Morgan fingerprint density at radius 1 is 1.25 bits per heavy atom. The number of anilines is 1. The largest absolute Gasteiger partial charge is 0.508 e. The standard InChI is InChI=1S/C20H26N4O4/c1-20(2,3)28-19(27)24-10-8-15(9-11-24)22-13-14(12-21)18(26)23-16-4-6-17(25)7-5-16/h4-7,13,15,22,25H,8-11H2,1-3H3,(H,23,26)/b14-13-. The summed E-state index contributed by atoms with van der Waals surface area (Å²) in [4.78, 5) is 25.9. The van der Waals surface area contributed by atoms with E-state index in [-0.39, 0.29) is 23.5 Å². The van der Waals surface area contributed by atoms with E-state index in [4.69, 9.17) is 4.74 Å². The zero-order valence-corrected chi connectivity index (χ0v) is 16.4. The predicted molar refractivity (Wildman–Crippen MR) is 104 cm³/mol. The average Bonchev–Trinajstić information content (AvgIpc) is 2.63. The molecule has 0 spiro atoms. The van der Waals surface area contributed by atoms with E-state index in [9.17, 15) is 20.0 Å². The quantitative estimate of drug-likeness (QED) is 0.416. The lowest BCUT2D eigenvalue weighted by atomic mass is 10.1. The van der Waals surface area contributed by atoms with Gasteiger partial charge in [-0.15, -0.1) is 0 Å². The fourth-order valence-electron chi connectivity index (χ4n) is 2.65. The van der Waals surface area contributed by atoms with Gasteiger partial charge in [0.25, 0.3) is 5.91 Å². The van der Waals surface area contributed by atoms with Crippen molar-refractivity contribution in [3.63, 3.8) is 0 Å². The van der Waals surface area contributed by atoms with Crippen LogP contribution in [0.2, 0.25) is 0 Å². The third-order valence-electron chi connectivity index (χ3n) is 4.10. The first-order valence-electron chi connectivity index (χ1n) is 9.12. The smallest absolute Gasteiger partial charge is 0.410 e. The minimum absolute atomic E-state index is 0.0531. The SMILES string of the molecule is CC(C)(C)OC(=O)N1CCC(N/C=C(/C#N)C(=O)Nc2ccc(O)cc2)CC1. The molecule has 3 N–H and O–H groups in total. The molecule has 1 heterocycles. The first-order valence-corrected chi connectivity index (χ1v) is 9.12. The lowest BCUT2D eigenvalue weighted by Gasteiger charge is -2.33. The molecule has 0 radical (unpaired) electrons. The highest BCUT2D eigenvalue weighted by atomic mass is 16.6. The molecule has 1 saturated heterocycles. The first kappa shape index (κ1) is 21.1. The van der Waals surface area contributed by atoms with Crippen LogP contribution in [0.4, 0.5) is 10.5 Å². The molecule has 1 aliphatic heterocycles. The molecule has 0 aromatic heterocycles. The molecule has 0 saturated carbocycles. The zero-order chi connectivity index (χ0) is 20.7. The maximum absolute atomic E-state index is 12.2. The van der Waals surface area contributed by atoms with Crippen LogP contribution in [0.3, 0.4) is 0 Å². The fraction of sp³-hybridized carbons (Fsp3) is 0.450. The number of phenols is 1. The summed E-state index contributed by atoms with van der Waals surface area (Å²) >= 11 is 0. The van der Waals surface area contributed by atoms with Gasteiger partial charge in [0.05, 0.1) is 0 Å². The lowest BCUT2D eigenvalue weighted by Crippen LogP contribution is -2.45. The van der Waals surface area contributed by atoms with E-state index in [0.717, 1.165) is 0 Å². The number of ether oxygens (including phenoxy) is 1. The molecule has 8 heteroatoms. The minimum atomic E-state index is -0.535. The van der Waals surface area contributed by atoms with Crippen molar-refractivity contribution >= 4 is 17.7 Å². The summed E-state index contributed by atoms with van der Waals surface area (Å²) in [5, 5.41) is 24.2. The second kappa shape index (κ2) is 9.13. The van der Waals surface area contributed by atoms with Crippen molar-refractivity contribution in [2.75, 3.05) is 18.4 Å². The molecule has 1 aromatic carbocycles. The number of carbonyl (C=O) groups excluding carboxylic acids is 2. The van der Waals surface area contributed by atoms with Gasteiger partial charge in [-0.25, -0.2) is 4.79 Å². The normalized spacial score (nSPS) is 15.5. The molecule has 28 heavy (non-hydrogen) atoms. The average molecular weight is 386 g/mol. The van der Waals surface area contributed by atoms with E-state index in [0.29, 0.717) is 31.6 Å². The zero-order valence-electron chi connectivity index (χ0n) is 16.4. The van der Waals surface area contributed by atoms with Crippen molar-refractivity contribution in [2.24, 2.45) is 0 Å². The van der Waals surface area contributed by atoms with Gasteiger partial charge in [-0.1, -0.05) is 0 Å². The number of nitriles is 1. The number of rotatable bonds is 4. The van der Waals surface area contributed by atoms with Crippen molar-refractivity contribution in [1.82, 2.24) is 10.2 Å². The van der Waals surface area contributed by atoms with Crippen molar-refractivity contribution in [3.8, 4) is 11.8 Å². The molecule has 0 bridgehead atoms. The van der Waals surface area contributed by atoms with Crippen LogP contribution in [0.15, 0.2) is 36.0 Å². The Kier molecular flexibility index (Phi) is 6.88. The third kappa shape index (κ3) is 6.50. The minimum Gasteiger partial charge on any atom is -0.508 e. The maximum Gasteiger partial charge on any atom is 0.410 e. The Morgan fingerprint density at radius 2 is 1.86 bits per heavy atom. The molecule has 8 nitrogen and oxygen atoms in total. The van der Waals surface area contributed by atoms with Crippen molar-refractivity contribution < 1.29 is 19.4 Å². The second-order valence-electron chi connectivity index (χ2n) is 7.58. The number of nitrogens with zero attached hydrogens (tertiary/aromatic N) is 2. The molecule has 2 rings (SSSR count). The molecule has 2 amide bonds. The Labute approximate surface area is 164 Å². The summed E-state index contributed by atoms with van der Waals surface area (Å²) in [6.07, 6.45) is 2.46. The summed E-state index contributed by atoms with van der Waals surface area (Å²) in [6.45, 7) is 6.58. The topological polar surface area (TPSA) is 115 Å². The monoisotopic (exact) mass is 386 g/mol. The van der Waals surface area contributed by atoms with E-state index in [1.54, 1.807) is 17.0 Å². The number of carbonyl (C=O) groups is 2. The lowest BCUT2D eigenvalue weighted by molar-refractivity contribution is -0.112. The van der Waals surface area contributed by atoms with Crippen LogP contribution in [0.5, 0.6) is 5.75 Å². The van der Waals surface area contributed by atoms with Crippen LogP contribution >= 0.6 is 0 Å². The summed E-state index contributed by atoms with van der Waals surface area (Å²) in [5.74, 6) is -0.444. The Morgan fingerprint density at radius 3 is 2.39 bits per heavy atom. The van der Waals surface area contributed by atoms with Gasteiger partial charge in [0, 0.05) is 31.0 Å². The van der Waals surface area contributed by atoms with Gasteiger partial charge in [-0.2, -0.15) is 5.26 Å². The molecule has 150 valence electrons. The van der Waals surface area contributed by atoms with Crippen LogP contribution < -0.4 is 10.6 Å². The number of amides is 2. The summed E-state index contributed by atoms with van der Waals surface area (Å²) in [6, 6.07) is 7.92. The van der Waals surface area contributed by atoms with E-state index in [1.807, 2.05) is 26.8 Å². The Hall–Kier alpha value is -3.21. The van der Waals surface area contributed by atoms with E-state index < -0.39 is 11.5 Å². The predicted octanol–water partition coefficient (Wildman–Crippen LogP) is 2.73. The molecular formula is C20H26N4O4. The highest BCUT2D eigenvalue weighted by Crippen LogP contribution is 2.16. The fourth-order valence-corrected chi connectivity index (χ4v) is 2.65. The number of nitrogens with one attached hydrogen (secondary N) is 2. The van der Waals surface area contributed by atoms with Crippen LogP contribution in [-0.4, -0.2) is 46.7 Å². The van der Waals surface area contributed by atoms with Gasteiger partial charge in [0.2, 0.25) is 0 Å². The molecular weight excluding hydrogens is 360 g/mol. The number of piperidine rings is 1. The summed E-state index contributed by atoms with van der Waals surface area (Å²) in [5.41, 5.74) is -0.0983. The van der Waals surface area contributed by atoms with Crippen molar-refractivity contribution in [1.29, 1.82) is 5.26 Å². The van der Waals surface area contributed by atoms with Gasteiger partial charge in [0.1, 0.15) is 23.0 Å². The maximum atomic E-state index is 12.2. The first-order chi connectivity index (χ1) is 13.2. The van der Waals surface area contributed by atoms with Crippen LogP contribution in [0.25, 0.3) is 0 Å². The highest BCUT2D eigenvalue weighted by Gasteiger charge is 2.26. The van der Waals surface area contributed by atoms with Crippen LogP contribution in [0.1, 0.15) is 33.6 Å². The van der Waals surface area contributed by atoms with Gasteiger partial charge < -0.3 is 25.4 Å². The third-order valence-corrected chi connectivity index (χ3v) is 4.10. The molecule has 1 aliphatic rings. The van der Waals surface area contributed by atoms with E-state index in [2.05, 4.69) is 10.6 Å². The van der Waals surface area contributed by atoms with Crippen LogP contribution in [0, 0.1) is 11.3 Å². The van der Waals surface area contributed by atoms with Gasteiger partial charge in [-0.3, -0.25) is 4.79 Å². The van der Waals surface area contributed by atoms with Gasteiger partial charge in [0.15, 0.2) is 0 Å². The van der Waals surface area contributed by atoms with Crippen molar-refractivity contribution in [3.05, 3.63) is 36.0 Å². The number of benzene rings is 1. The number of phenolic OH excluding ortho intramolecular Hbond substituents is 1. The number of hydrogen-bond acceptors (Lipinski definition) is 6. The molecule has 0 aliphatic carbocycles. The van der Waals surface area contributed by atoms with E-state index in [1.165, 1.54) is 18.3 Å². The number of hydrogen-bond donors (Lipinski definition) is 3. The Bertz CT molecular complexity index is 767. The number of aromatic hydroxyl groups is 1. The molecule has 0 unspecified atom stereocenters. The summed E-state index contributed by atoms with van der Waals surface area (Å²) in [7, 11) is 0. The van der Waals surface area contributed by atoms with E-state index >= 15 is 0 Å². The molecule has 1 aromatic rings. The number of likely N-dealkylation sites (tertiary alicyclic amines) is 1. The Balaban J connectivity index is 1.85. The molecule has 0 atom stereocenters. The second-order valence-corrected chi connectivity index (χ2v) is 7.58. The van der Waals surface area contributed by atoms with Crippen molar-refractivity contribution in [2.45, 2.75) is 45.3 Å². The summed E-state index contributed by atoms with van der Waals surface area (Å²) < 4.78 is 5.37. The highest BCUT2D eigenvalue weighted by molar-refractivity contribution is 6.06. The molecule has 1 fully saturated rings.